The van der Waals surface area contributed by atoms with Crippen molar-refractivity contribution in [3.8, 4) is 0 Å². The number of carbonyl (C=O) groups is 1. The lowest BCUT2D eigenvalue weighted by Gasteiger charge is -2.36. The fourth-order valence-corrected chi connectivity index (χ4v) is 4.54. The number of rotatable bonds is 9. The van der Waals surface area contributed by atoms with Crippen LogP contribution in [-0.4, -0.2) is 75.1 Å². The Hall–Kier alpha value is -2.98. The Morgan fingerprint density at radius 2 is 1.89 bits per heavy atom. The number of aromatic nitrogens is 4. The summed E-state index contributed by atoms with van der Waals surface area (Å²) in [6.07, 6.45) is 1.02. The Kier molecular flexibility index (Phi) is 7.71. The average Bonchev–Trinajstić information content (AvgIpc) is 3.21. The van der Waals surface area contributed by atoms with Gasteiger partial charge in [0.15, 0.2) is 5.82 Å². The van der Waals surface area contributed by atoms with Gasteiger partial charge in [-0.2, -0.15) is 0 Å². The summed E-state index contributed by atoms with van der Waals surface area (Å²) in [7, 11) is 0. The Balaban J connectivity index is 1.46. The van der Waals surface area contributed by atoms with Crippen LogP contribution in [0.2, 0.25) is 0 Å². The summed E-state index contributed by atoms with van der Waals surface area (Å²) < 4.78 is 7.93. The van der Waals surface area contributed by atoms with Crippen molar-refractivity contribution >= 4 is 34.1 Å². The molecule has 3 aromatic rings. The molecule has 10 heteroatoms. The largest absolute Gasteiger partial charge is 0.383 e. The van der Waals surface area contributed by atoms with E-state index in [9.17, 15) is 9.90 Å². The van der Waals surface area contributed by atoms with Crippen LogP contribution in [0.15, 0.2) is 18.2 Å². The predicted octanol–water partition coefficient (Wildman–Crippen LogP) is 2.52. The molecule has 1 aromatic carbocycles. The minimum Gasteiger partial charge on any atom is -0.383 e. The molecule has 2 aromatic heterocycles. The Morgan fingerprint density at radius 1 is 1.17 bits per heavy atom. The van der Waals surface area contributed by atoms with Crippen molar-refractivity contribution in [2.24, 2.45) is 5.92 Å². The van der Waals surface area contributed by atoms with Crippen molar-refractivity contribution in [2.45, 2.75) is 65.8 Å². The Labute approximate surface area is 206 Å². The third-order valence-corrected chi connectivity index (χ3v) is 6.35. The predicted molar refractivity (Wildman–Crippen MR) is 137 cm³/mol. The fraction of sp³-hybridized carbons (Fsp3) is 0.600. The van der Waals surface area contributed by atoms with E-state index in [4.69, 9.17) is 9.72 Å². The second-order valence-electron chi connectivity index (χ2n) is 9.82. The second-order valence-corrected chi connectivity index (χ2v) is 9.82. The number of benzene rings is 1. The maximum absolute atomic E-state index is 11.9. The zero-order chi connectivity index (χ0) is 25.1. The van der Waals surface area contributed by atoms with Crippen molar-refractivity contribution in [2.75, 3.05) is 36.4 Å². The van der Waals surface area contributed by atoms with Crippen LogP contribution in [0.3, 0.4) is 0 Å². The average molecular weight is 484 g/mol. The highest BCUT2D eigenvalue weighted by atomic mass is 16.5. The lowest BCUT2D eigenvalue weighted by atomic mass is 10.1. The zero-order valence-corrected chi connectivity index (χ0v) is 21.3. The van der Waals surface area contributed by atoms with Crippen molar-refractivity contribution in [3.63, 3.8) is 0 Å². The van der Waals surface area contributed by atoms with Crippen molar-refractivity contribution in [1.29, 1.82) is 0 Å². The molecule has 3 atom stereocenters. The summed E-state index contributed by atoms with van der Waals surface area (Å²) >= 11 is 0. The second kappa shape index (κ2) is 10.7. The molecule has 3 unspecified atom stereocenters. The highest BCUT2D eigenvalue weighted by molar-refractivity contribution is 5.85. The molecule has 1 fully saturated rings. The molecule has 4 rings (SSSR count). The first kappa shape index (κ1) is 25.1. The number of aliphatic hydroxyl groups is 1. The monoisotopic (exact) mass is 483 g/mol. The third kappa shape index (κ3) is 5.65. The number of unbranched alkanes of at least 4 members (excludes halogenated alkanes) is 1. The quantitative estimate of drug-likeness (QED) is 0.398. The molecule has 35 heavy (non-hydrogen) atoms. The molecule has 3 N–H and O–H groups in total. The summed E-state index contributed by atoms with van der Waals surface area (Å²) in [6, 6.07) is 6.34. The number of carbonyl (C=O) groups excluding carboxylic acids is 1. The molecule has 10 nitrogen and oxygen atoms in total. The fourth-order valence-electron chi connectivity index (χ4n) is 4.54. The number of aliphatic hydroxyl groups excluding tert-OH is 1. The Morgan fingerprint density at radius 3 is 2.60 bits per heavy atom. The summed E-state index contributed by atoms with van der Waals surface area (Å²) in [5, 5.41) is 24.6. The molecule has 1 amide bonds. The highest BCUT2D eigenvalue weighted by Gasteiger charge is 2.23. The van der Waals surface area contributed by atoms with Gasteiger partial charge in [-0.25, -0.2) is 4.98 Å². The SMILES string of the molecule is Cc1nnc2c(NCCCCNC(=O)C(O)C(C)C)nc3cc(N4CC(C)OC(C)C4)ccc3n12. The lowest BCUT2D eigenvalue weighted by molar-refractivity contribution is -0.131. The van der Waals surface area contributed by atoms with Crippen LogP contribution in [0.4, 0.5) is 11.5 Å². The molecule has 0 bridgehead atoms. The van der Waals surface area contributed by atoms with Gasteiger partial charge in [0.05, 0.1) is 23.2 Å². The van der Waals surface area contributed by atoms with Crippen LogP contribution in [0.1, 0.15) is 46.4 Å². The first-order chi connectivity index (χ1) is 16.7. The van der Waals surface area contributed by atoms with Crippen LogP contribution in [-0.2, 0) is 9.53 Å². The zero-order valence-electron chi connectivity index (χ0n) is 21.3. The molecule has 3 heterocycles. The van der Waals surface area contributed by atoms with Gasteiger partial charge in [-0.05, 0) is 57.7 Å². The van der Waals surface area contributed by atoms with Crippen molar-refractivity contribution in [3.05, 3.63) is 24.0 Å². The van der Waals surface area contributed by atoms with Crippen LogP contribution in [0, 0.1) is 12.8 Å². The van der Waals surface area contributed by atoms with Gasteiger partial charge < -0.3 is 25.4 Å². The molecule has 0 radical (unpaired) electrons. The minimum absolute atomic E-state index is 0.0970. The highest BCUT2D eigenvalue weighted by Crippen LogP contribution is 2.27. The van der Waals surface area contributed by atoms with E-state index in [2.05, 4.69) is 57.8 Å². The van der Waals surface area contributed by atoms with Crippen LogP contribution in [0.25, 0.3) is 16.7 Å². The molecule has 0 spiro atoms. The molecule has 190 valence electrons. The Bertz CT molecular complexity index is 1170. The van der Waals surface area contributed by atoms with E-state index in [1.54, 1.807) is 0 Å². The maximum Gasteiger partial charge on any atom is 0.249 e. The normalized spacial score (nSPS) is 19.5. The van der Waals surface area contributed by atoms with Crippen LogP contribution >= 0.6 is 0 Å². The molecule has 1 aliphatic heterocycles. The number of anilines is 2. The maximum atomic E-state index is 11.9. The van der Waals surface area contributed by atoms with E-state index in [-0.39, 0.29) is 24.0 Å². The van der Waals surface area contributed by atoms with Gasteiger partial charge in [-0.3, -0.25) is 9.20 Å². The van der Waals surface area contributed by atoms with Gasteiger partial charge in [0.25, 0.3) is 0 Å². The smallest absolute Gasteiger partial charge is 0.249 e. The summed E-state index contributed by atoms with van der Waals surface area (Å²) in [6.45, 7) is 12.7. The van der Waals surface area contributed by atoms with Crippen LogP contribution < -0.4 is 15.5 Å². The van der Waals surface area contributed by atoms with Gasteiger partial charge in [-0.15, -0.1) is 10.2 Å². The van der Waals surface area contributed by atoms with Crippen molar-refractivity contribution in [1.82, 2.24) is 24.9 Å². The summed E-state index contributed by atoms with van der Waals surface area (Å²) in [4.78, 5) is 19.1. The van der Waals surface area contributed by atoms with Crippen molar-refractivity contribution < 1.29 is 14.6 Å². The number of amides is 1. The van der Waals surface area contributed by atoms with E-state index in [0.29, 0.717) is 24.6 Å². The molecule has 0 saturated carbocycles. The first-order valence-corrected chi connectivity index (χ1v) is 12.5. The number of nitrogens with zero attached hydrogens (tertiary/aromatic N) is 5. The van der Waals surface area contributed by atoms with E-state index in [1.165, 1.54) is 0 Å². The molecule has 1 aliphatic rings. The summed E-state index contributed by atoms with van der Waals surface area (Å²) in [5.74, 6) is 1.09. The number of morpholine rings is 1. The molecule has 0 aliphatic carbocycles. The molecular formula is C25H37N7O3. The topological polar surface area (TPSA) is 117 Å². The van der Waals surface area contributed by atoms with E-state index < -0.39 is 6.10 Å². The number of ether oxygens (including phenoxy) is 1. The van der Waals surface area contributed by atoms with E-state index in [1.807, 2.05) is 25.2 Å². The van der Waals surface area contributed by atoms with Gasteiger partial charge in [0, 0.05) is 31.9 Å². The molecule has 1 saturated heterocycles. The first-order valence-electron chi connectivity index (χ1n) is 12.5. The van der Waals surface area contributed by atoms with E-state index in [0.717, 1.165) is 48.5 Å². The van der Waals surface area contributed by atoms with Gasteiger partial charge in [0.1, 0.15) is 11.9 Å². The lowest BCUT2D eigenvalue weighted by Crippen LogP contribution is -2.45. The van der Waals surface area contributed by atoms with Gasteiger partial charge in [0.2, 0.25) is 11.6 Å². The standard InChI is InChI=1S/C25H37N7O3/c1-15(2)22(33)25(34)27-11-7-6-10-26-23-24-30-29-18(5)32(24)21-9-8-19(12-20(21)28-23)31-13-16(3)35-17(4)14-31/h8-9,12,15-17,22,33H,6-7,10-11,13-14H2,1-5H3,(H,26,28)(H,27,34). The van der Waals surface area contributed by atoms with Gasteiger partial charge >= 0.3 is 0 Å². The summed E-state index contributed by atoms with van der Waals surface area (Å²) in [5.41, 5.74) is 3.67. The minimum atomic E-state index is -0.965. The third-order valence-electron chi connectivity index (χ3n) is 6.35. The number of nitrogens with one attached hydrogen (secondary N) is 2. The van der Waals surface area contributed by atoms with E-state index >= 15 is 0 Å². The number of hydrogen-bond donors (Lipinski definition) is 3. The number of fused-ring (bicyclic) bond motifs is 3. The molecular weight excluding hydrogens is 446 g/mol. The number of hydrogen-bond acceptors (Lipinski definition) is 8. The van der Waals surface area contributed by atoms with Crippen LogP contribution in [0.5, 0.6) is 0 Å². The number of aryl methyl sites for hydroxylation is 1. The van der Waals surface area contributed by atoms with Gasteiger partial charge in [-0.1, -0.05) is 13.8 Å².